The van der Waals surface area contributed by atoms with E-state index in [-0.39, 0.29) is 11.5 Å². The number of rotatable bonds is 3. The van der Waals surface area contributed by atoms with Crippen LogP contribution in [-0.4, -0.2) is 22.0 Å². The molecular formula is C15H14N2O3. The molecule has 5 nitrogen and oxygen atoms in total. The number of carbonyl (C=O) groups excluding carboxylic acids is 1. The number of hydrogen-bond donors (Lipinski definition) is 2. The molecule has 5 heteroatoms. The maximum Gasteiger partial charge on any atom is 0.335 e. The highest BCUT2D eigenvalue weighted by Crippen LogP contribution is 2.16. The number of carboxylic acid groups (broad SMARTS) is 1. The Morgan fingerprint density at radius 3 is 2.45 bits per heavy atom. The van der Waals surface area contributed by atoms with Crippen molar-refractivity contribution in [1.29, 1.82) is 0 Å². The Bertz CT molecular complexity index is 663. The van der Waals surface area contributed by atoms with E-state index >= 15 is 0 Å². The number of amides is 1. The van der Waals surface area contributed by atoms with Gasteiger partial charge in [-0.3, -0.25) is 9.78 Å². The predicted molar refractivity (Wildman–Crippen MR) is 75.1 cm³/mol. The minimum atomic E-state index is -0.983. The van der Waals surface area contributed by atoms with E-state index in [4.69, 9.17) is 5.11 Å². The molecule has 2 aromatic rings. The summed E-state index contributed by atoms with van der Waals surface area (Å²) in [7, 11) is 0. The van der Waals surface area contributed by atoms with Crippen LogP contribution in [0.3, 0.4) is 0 Å². The number of carboxylic acids is 1. The van der Waals surface area contributed by atoms with Crippen molar-refractivity contribution >= 4 is 17.6 Å². The highest BCUT2D eigenvalue weighted by atomic mass is 16.4. The summed E-state index contributed by atoms with van der Waals surface area (Å²) in [6, 6.07) is 8.11. The minimum absolute atomic E-state index is 0.222. The van der Waals surface area contributed by atoms with E-state index in [9.17, 15) is 9.59 Å². The SMILES string of the molecule is Cc1ccc(C(=O)Nc2ccc(C(=O)O)c(C)c2)cn1. The second kappa shape index (κ2) is 5.52. The topological polar surface area (TPSA) is 79.3 Å². The van der Waals surface area contributed by atoms with Gasteiger partial charge in [0, 0.05) is 17.6 Å². The van der Waals surface area contributed by atoms with E-state index in [0.717, 1.165) is 5.69 Å². The van der Waals surface area contributed by atoms with Crippen LogP contribution in [0.1, 0.15) is 32.0 Å². The second-order valence-electron chi connectivity index (χ2n) is 4.48. The molecule has 2 rings (SSSR count). The fourth-order valence-corrected chi connectivity index (χ4v) is 1.79. The normalized spacial score (nSPS) is 10.1. The van der Waals surface area contributed by atoms with Crippen LogP contribution in [0, 0.1) is 13.8 Å². The van der Waals surface area contributed by atoms with Crippen molar-refractivity contribution in [2.24, 2.45) is 0 Å². The van der Waals surface area contributed by atoms with Crippen molar-refractivity contribution < 1.29 is 14.7 Å². The largest absolute Gasteiger partial charge is 0.478 e. The molecular weight excluding hydrogens is 256 g/mol. The van der Waals surface area contributed by atoms with Crippen molar-refractivity contribution in [3.05, 3.63) is 58.9 Å². The zero-order valence-corrected chi connectivity index (χ0v) is 11.2. The minimum Gasteiger partial charge on any atom is -0.478 e. The molecule has 0 aliphatic rings. The maximum absolute atomic E-state index is 12.0. The van der Waals surface area contributed by atoms with E-state index in [1.807, 2.05) is 6.92 Å². The van der Waals surface area contributed by atoms with Gasteiger partial charge in [0.1, 0.15) is 0 Å². The molecule has 0 fully saturated rings. The van der Waals surface area contributed by atoms with E-state index < -0.39 is 5.97 Å². The van der Waals surface area contributed by atoms with Crippen LogP contribution >= 0.6 is 0 Å². The molecule has 0 atom stereocenters. The van der Waals surface area contributed by atoms with Gasteiger partial charge in [-0.05, 0) is 49.7 Å². The summed E-state index contributed by atoms with van der Waals surface area (Å²) in [5.41, 5.74) is 2.66. The van der Waals surface area contributed by atoms with E-state index in [0.29, 0.717) is 16.8 Å². The monoisotopic (exact) mass is 270 g/mol. The number of aromatic nitrogens is 1. The van der Waals surface area contributed by atoms with Crippen molar-refractivity contribution in [1.82, 2.24) is 4.98 Å². The van der Waals surface area contributed by atoms with Gasteiger partial charge in [0.15, 0.2) is 0 Å². The molecule has 0 saturated carbocycles. The van der Waals surface area contributed by atoms with Crippen LogP contribution in [0.5, 0.6) is 0 Å². The summed E-state index contributed by atoms with van der Waals surface area (Å²) in [5.74, 6) is -1.26. The van der Waals surface area contributed by atoms with Crippen LogP contribution in [0.2, 0.25) is 0 Å². The lowest BCUT2D eigenvalue weighted by atomic mass is 10.1. The number of nitrogens with zero attached hydrogens (tertiary/aromatic N) is 1. The molecule has 102 valence electrons. The van der Waals surface area contributed by atoms with E-state index in [1.165, 1.54) is 12.3 Å². The zero-order chi connectivity index (χ0) is 14.7. The van der Waals surface area contributed by atoms with Crippen molar-refractivity contribution in [3.8, 4) is 0 Å². The molecule has 20 heavy (non-hydrogen) atoms. The van der Waals surface area contributed by atoms with E-state index in [2.05, 4.69) is 10.3 Å². The molecule has 1 amide bonds. The molecule has 1 aromatic heterocycles. The molecule has 1 heterocycles. The third-order valence-corrected chi connectivity index (χ3v) is 2.89. The Labute approximate surface area is 116 Å². The van der Waals surface area contributed by atoms with Crippen molar-refractivity contribution in [3.63, 3.8) is 0 Å². The number of aromatic carboxylic acids is 1. The summed E-state index contributed by atoms with van der Waals surface area (Å²) in [5, 5.41) is 11.7. The Morgan fingerprint density at radius 1 is 1.15 bits per heavy atom. The van der Waals surface area contributed by atoms with Crippen LogP contribution in [-0.2, 0) is 0 Å². The zero-order valence-electron chi connectivity index (χ0n) is 11.2. The number of carbonyl (C=O) groups is 2. The first kappa shape index (κ1) is 13.7. The number of hydrogen-bond acceptors (Lipinski definition) is 3. The van der Waals surface area contributed by atoms with Gasteiger partial charge in [-0.2, -0.15) is 0 Å². The number of benzene rings is 1. The molecule has 0 bridgehead atoms. The standard InChI is InChI=1S/C15H14N2O3/c1-9-7-12(5-6-13(9)15(19)20)17-14(18)11-4-3-10(2)16-8-11/h3-8H,1-2H3,(H,17,18)(H,19,20). The third kappa shape index (κ3) is 3.00. The summed E-state index contributed by atoms with van der Waals surface area (Å²) in [4.78, 5) is 27.0. The molecule has 0 aliphatic carbocycles. The lowest BCUT2D eigenvalue weighted by Crippen LogP contribution is -2.12. The first-order chi connectivity index (χ1) is 9.47. The molecule has 0 saturated heterocycles. The first-order valence-corrected chi connectivity index (χ1v) is 6.05. The summed E-state index contributed by atoms with van der Waals surface area (Å²) in [6.07, 6.45) is 1.50. The molecule has 0 unspecified atom stereocenters. The van der Waals surface area contributed by atoms with Crippen LogP contribution in [0.25, 0.3) is 0 Å². The molecule has 0 spiro atoms. The Kier molecular flexibility index (Phi) is 3.79. The molecule has 0 radical (unpaired) electrons. The highest BCUT2D eigenvalue weighted by Gasteiger charge is 2.10. The third-order valence-electron chi connectivity index (χ3n) is 2.89. The summed E-state index contributed by atoms with van der Waals surface area (Å²) < 4.78 is 0. The van der Waals surface area contributed by atoms with Gasteiger partial charge in [0.2, 0.25) is 0 Å². The lowest BCUT2D eigenvalue weighted by Gasteiger charge is -2.07. The van der Waals surface area contributed by atoms with Gasteiger partial charge < -0.3 is 10.4 Å². The number of nitrogens with one attached hydrogen (secondary N) is 1. The van der Waals surface area contributed by atoms with Gasteiger partial charge in [-0.25, -0.2) is 4.79 Å². The number of anilines is 1. The highest BCUT2D eigenvalue weighted by molar-refractivity contribution is 6.04. The molecule has 1 aromatic carbocycles. The maximum atomic E-state index is 12.0. The van der Waals surface area contributed by atoms with Gasteiger partial charge in [0.25, 0.3) is 5.91 Å². The quantitative estimate of drug-likeness (QED) is 0.898. The van der Waals surface area contributed by atoms with Crippen LogP contribution in [0.15, 0.2) is 36.5 Å². The predicted octanol–water partition coefficient (Wildman–Crippen LogP) is 2.65. The van der Waals surface area contributed by atoms with Crippen LogP contribution < -0.4 is 5.32 Å². The number of pyridine rings is 1. The molecule has 0 aliphatic heterocycles. The summed E-state index contributed by atoms with van der Waals surface area (Å²) >= 11 is 0. The lowest BCUT2D eigenvalue weighted by molar-refractivity contribution is 0.0696. The fraction of sp³-hybridized carbons (Fsp3) is 0.133. The average Bonchev–Trinajstić information content (AvgIpc) is 2.39. The molecule has 2 N–H and O–H groups in total. The van der Waals surface area contributed by atoms with Gasteiger partial charge in [-0.15, -0.1) is 0 Å². The van der Waals surface area contributed by atoms with Crippen molar-refractivity contribution in [2.75, 3.05) is 5.32 Å². The van der Waals surface area contributed by atoms with Gasteiger partial charge in [0.05, 0.1) is 11.1 Å². The summed E-state index contributed by atoms with van der Waals surface area (Å²) in [6.45, 7) is 3.53. The van der Waals surface area contributed by atoms with Gasteiger partial charge >= 0.3 is 5.97 Å². The Morgan fingerprint density at radius 2 is 1.90 bits per heavy atom. The number of aryl methyl sites for hydroxylation is 2. The van der Waals surface area contributed by atoms with E-state index in [1.54, 1.807) is 31.2 Å². The second-order valence-corrected chi connectivity index (χ2v) is 4.48. The van der Waals surface area contributed by atoms with Crippen molar-refractivity contribution in [2.45, 2.75) is 13.8 Å². The van der Waals surface area contributed by atoms with Gasteiger partial charge in [-0.1, -0.05) is 0 Å². The van der Waals surface area contributed by atoms with Crippen LogP contribution in [0.4, 0.5) is 5.69 Å². The fourth-order valence-electron chi connectivity index (χ4n) is 1.79. The Hall–Kier alpha value is -2.69. The smallest absolute Gasteiger partial charge is 0.335 e. The average molecular weight is 270 g/mol. The Balaban J connectivity index is 2.18. The first-order valence-electron chi connectivity index (χ1n) is 6.05.